The van der Waals surface area contributed by atoms with E-state index in [9.17, 15) is 0 Å². The minimum atomic E-state index is 0.564. The second-order valence-corrected chi connectivity index (χ2v) is 10.6. The standard InChI is InChI=1S/C36H25Cl3N2/c37-31-22-13-23-32(38)35(31)26-24-33(40(27-14-5-1-6-15-27)28-16-7-2-8-17-28)36(39)34(25-26)41(29-18-9-3-10-19-29)30-20-11-4-12-21-30/h1-25H. The first kappa shape index (κ1) is 27.0. The predicted molar refractivity (Wildman–Crippen MR) is 176 cm³/mol. The molecular formula is C36H25Cl3N2. The van der Waals surface area contributed by atoms with Crippen molar-refractivity contribution in [3.63, 3.8) is 0 Å². The summed E-state index contributed by atoms with van der Waals surface area (Å²) in [7, 11) is 0. The lowest BCUT2D eigenvalue weighted by atomic mass is 10.0. The van der Waals surface area contributed by atoms with E-state index in [0.717, 1.165) is 45.3 Å². The van der Waals surface area contributed by atoms with Gasteiger partial charge in [-0.3, -0.25) is 0 Å². The van der Waals surface area contributed by atoms with Crippen LogP contribution in [0.4, 0.5) is 34.1 Å². The van der Waals surface area contributed by atoms with Gasteiger partial charge >= 0.3 is 0 Å². The van der Waals surface area contributed by atoms with Crippen LogP contribution in [0, 0.1) is 0 Å². The van der Waals surface area contributed by atoms with E-state index >= 15 is 0 Å². The summed E-state index contributed by atoms with van der Waals surface area (Å²) < 4.78 is 0. The monoisotopic (exact) mass is 590 g/mol. The van der Waals surface area contributed by atoms with Crippen molar-refractivity contribution in [1.29, 1.82) is 0 Å². The third-order valence-electron chi connectivity index (χ3n) is 6.83. The third kappa shape index (κ3) is 5.55. The van der Waals surface area contributed by atoms with Crippen molar-refractivity contribution < 1.29 is 0 Å². The van der Waals surface area contributed by atoms with Gasteiger partial charge in [-0.2, -0.15) is 0 Å². The molecule has 200 valence electrons. The van der Waals surface area contributed by atoms with Crippen molar-refractivity contribution in [2.75, 3.05) is 9.80 Å². The van der Waals surface area contributed by atoms with Crippen molar-refractivity contribution in [3.05, 3.63) is 167 Å². The first-order valence-electron chi connectivity index (χ1n) is 13.2. The zero-order chi connectivity index (χ0) is 28.2. The second-order valence-electron chi connectivity index (χ2n) is 9.44. The summed E-state index contributed by atoms with van der Waals surface area (Å²) in [6.07, 6.45) is 0. The average Bonchev–Trinajstić information content (AvgIpc) is 3.01. The summed E-state index contributed by atoms with van der Waals surface area (Å²) in [4.78, 5) is 4.32. The van der Waals surface area contributed by atoms with Crippen LogP contribution in [0.25, 0.3) is 11.1 Å². The first-order chi connectivity index (χ1) is 20.1. The van der Waals surface area contributed by atoms with Crippen LogP contribution >= 0.6 is 34.8 Å². The number of nitrogens with zero attached hydrogens (tertiary/aromatic N) is 2. The van der Waals surface area contributed by atoms with Crippen LogP contribution in [0.1, 0.15) is 0 Å². The molecule has 6 rings (SSSR count). The predicted octanol–water partition coefficient (Wildman–Crippen LogP) is 12.3. The first-order valence-corrected chi connectivity index (χ1v) is 14.3. The van der Waals surface area contributed by atoms with Gasteiger partial charge in [-0.15, -0.1) is 0 Å². The van der Waals surface area contributed by atoms with Gasteiger partial charge in [0.2, 0.25) is 0 Å². The van der Waals surface area contributed by atoms with E-state index in [0.29, 0.717) is 15.1 Å². The molecule has 0 atom stereocenters. The van der Waals surface area contributed by atoms with Gasteiger partial charge < -0.3 is 9.80 Å². The van der Waals surface area contributed by atoms with Gasteiger partial charge in [0.15, 0.2) is 0 Å². The van der Waals surface area contributed by atoms with Gasteiger partial charge in [0.05, 0.1) is 16.4 Å². The van der Waals surface area contributed by atoms with Crippen molar-refractivity contribution in [2.45, 2.75) is 0 Å². The molecule has 0 aromatic heterocycles. The highest BCUT2D eigenvalue weighted by Gasteiger charge is 2.25. The SMILES string of the molecule is Clc1cccc(Cl)c1-c1cc(N(c2ccccc2)c2ccccc2)c(Cl)c(N(c2ccccc2)c2ccccc2)c1. The van der Waals surface area contributed by atoms with Gasteiger partial charge in [0.25, 0.3) is 0 Å². The Balaban J connectivity index is 1.70. The summed E-state index contributed by atoms with van der Waals surface area (Å²) in [5.74, 6) is 0. The molecule has 0 amide bonds. The Kier molecular flexibility index (Phi) is 7.98. The largest absolute Gasteiger partial charge is 0.309 e. The van der Waals surface area contributed by atoms with Crippen molar-refractivity contribution in [1.82, 2.24) is 0 Å². The van der Waals surface area contributed by atoms with E-state index in [1.807, 2.05) is 91.0 Å². The molecule has 0 aliphatic rings. The van der Waals surface area contributed by atoms with Gasteiger partial charge in [-0.05, 0) is 78.4 Å². The Morgan fingerprint density at radius 2 is 0.683 bits per heavy atom. The highest BCUT2D eigenvalue weighted by Crippen LogP contribution is 2.50. The fraction of sp³-hybridized carbons (Fsp3) is 0. The topological polar surface area (TPSA) is 6.48 Å². The lowest BCUT2D eigenvalue weighted by molar-refractivity contribution is 1.25. The molecule has 41 heavy (non-hydrogen) atoms. The van der Waals surface area contributed by atoms with Crippen LogP contribution in [0.3, 0.4) is 0 Å². The molecular weight excluding hydrogens is 567 g/mol. The molecule has 0 heterocycles. The normalized spacial score (nSPS) is 10.8. The fourth-order valence-electron chi connectivity index (χ4n) is 5.00. The molecule has 6 aromatic rings. The van der Waals surface area contributed by atoms with E-state index in [-0.39, 0.29) is 0 Å². The van der Waals surface area contributed by atoms with Gasteiger partial charge in [0, 0.05) is 38.4 Å². The lowest BCUT2D eigenvalue weighted by Crippen LogP contribution is -2.14. The molecule has 2 nitrogen and oxygen atoms in total. The Morgan fingerprint density at radius 1 is 0.366 bits per heavy atom. The molecule has 0 saturated heterocycles. The van der Waals surface area contributed by atoms with Gasteiger partial charge in [-0.1, -0.05) is 114 Å². The molecule has 6 aromatic carbocycles. The molecule has 0 saturated carbocycles. The second kappa shape index (κ2) is 12.1. The Bertz CT molecular complexity index is 1560. The van der Waals surface area contributed by atoms with E-state index in [4.69, 9.17) is 34.8 Å². The fourth-order valence-corrected chi connectivity index (χ4v) is 5.89. The van der Waals surface area contributed by atoms with Crippen molar-refractivity contribution >= 4 is 68.9 Å². The maximum atomic E-state index is 7.49. The Labute approximate surface area is 255 Å². The number of hydrogen-bond acceptors (Lipinski definition) is 2. The quantitative estimate of drug-likeness (QED) is 0.182. The minimum Gasteiger partial charge on any atom is -0.309 e. The molecule has 0 bridgehead atoms. The number of hydrogen-bond donors (Lipinski definition) is 0. The zero-order valence-corrected chi connectivity index (χ0v) is 24.2. The zero-order valence-electron chi connectivity index (χ0n) is 22.0. The maximum Gasteiger partial charge on any atom is 0.0887 e. The van der Waals surface area contributed by atoms with Crippen LogP contribution in [-0.2, 0) is 0 Å². The van der Waals surface area contributed by atoms with Crippen molar-refractivity contribution in [3.8, 4) is 11.1 Å². The molecule has 0 aliphatic heterocycles. The Hall–Kier alpha value is -4.21. The number of halogens is 3. The molecule has 0 fully saturated rings. The highest BCUT2D eigenvalue weighted by atomic mass is 35.5. The number of anilines is 6. The maximum absolute atomic E-state index is 7.49. The van der Waals surface area contributed by atoms with Gasteiger partial charge in [0.1, 0.15) is 0 Å². The molecule has 0 aliphatic carbocycles. The van der Waals surface area contributed by atoms with Crippen molar-refractivity contribution in [2.24, 2.45) is 0 Å². The smallest absolute Gasteiger partial charge is 0.0887 e. The van der Waals surface area contributed by atoms with Crippen LogP contribution < -0.4 is 9.80 Å². The van der Waals surface area contributed by atoms with E-state index in [1.54, 1.807) is 0 Å². The number of rotatable bonds is 7. The van der Waals surface area contributed by atoms with Crippen LogP contribution in [-0.4, -0.2) is 0 Å². The average molecular weight is 592 g/mol. The van der Waals surface area contributed by atoms with Crippen LogP contribution in [0.2, 0.25) is 15.1 Å². The summed E-state index contributed by atoms with van der Waals surface area (Å²) in [5.41, 5.74) is 7.08. The number of benzene rings is 6. The summed E-state index contributed by atoms with van der Waals surface area (Å²) in [5, 5.41) is 1.71. The van der Waals surface area contributed by atoms with E-state index < -0.39 is 0 Å². The molecule has 0 radical (unpaired) electrons. The van der Waals surface area contributed by atoms with Crippen LogP contribution in [0.15, 0.2) is 152 Å². The lowest BCUT2D eigenvalue weighted by Gasteiger charge is -2.32. The van der Waals surface area contributed by atoms with E-state index in [1.165, 1.54) is 0 Å². The summed E-state index contributed by atoms with van der Waals surface area (Å²) in [6, 6.07) is 50.5. The molecule has 5 heteroatoms. The molecule has 0 N–H and O–H groups in total. The minimum absolute atomic E-state index is 0.564. The Morgan fingerprint density at radius 3 is 1.00 bits per heavy atom. The molecule has 0 unspecified atom stereocenters. The van der Waals surface area contributed by atoms with Crippen LogP contribution in [0.5, 0.6) is 0 Å². The van der Waals surface area contributed by atoms with Gasteiger partial charge in [-0.25, -0.2) is 0 Å². The number of para-hydroxylation sites is 4. The highest BCUT2D eigenvalue weighted by molar-refractivity contribution is 6.40. The van der Waals surface area contributed by atoms with E-state index in [2.05, 4.69) is 70.5 Å². The molecule has 0 spiro atoms. The summed E-state index contributed by atoms with van der Waals surface area (Å²) in [6.45, 7) is 0. The third-order valence-corrected chi connectivity index (χ3v) is 7.84. The summed E-state index contributed by atoms with van der Waals surface area (Å²) >= 11 is 21.1.